The van der Waals surface area contributed by atoms with Gasteiger partial charge in [-0.15, -0.1) is 0 Å². The summed E-state index contributed by atoms with van der Waals surface area (Å²) in [6.07, 6.45) is -1.83. The van der Waals surface area contributed by atoms with E-state index in [1.54, 1.807) is 0 Å². The van der Waals surface area contributed by atoms with Crippen molar-refractivity contribution in [1.29, 1.82) is 0 Å². The number of nitrogens with zero attached hydrogens (tertiary/aromatic N) is 3. The van der Waals surface area contributed by atoms with E-state index in [1.807, 2.05) is 0 Å². The molecule has 0 amide bonds. The number of benzene rings is 2. The van der Waals surface area contributed by atoms with Gasteiger partial charge in [0.05, 0.1) is 40.2 Å². The molecule has 1 fully saturated rings. The summed E-state index contributed by atoms with van der Waals surface area (Å²) in [6.45, 7) is -5.26. The van der Waals surface area contributed by atoms with Gasteiger partial charge in [-0.3, -0.25) is 4.90 Å². The van der Waals surface area contributed by atoms with Crippen molar-refractivity contribution in [3.05, 3.63) is 47.5 Å². The molecule has 1 saturated heterocycles. The minimum absolute atomic E-state index is 0.0496. The molecule has 1 aliphatic heterocycles. The summed E-state index contributed by atoms with van der Waals surface area (Å²) >= 11 is 5.87. The van der Waals surface area contributed by atoms with Crippen LogP contribution in [0.25, 0.3) is 10.9 Å². The molecule has 0 unspecified atom stereocenters. The van der Waals surface area contributed by atoms with Gasteiger partial charge in [0.2, 0.25) is 0 Å². The number of methoxy groups -OCH3 is 1. The third-order valence-corrected chi connectivity index (χ3v) is 4.83. The van der Waals surface area contributed by atoms with Crippen molar-refractivity contribution >= 4 is 34.0 Å². The number of anilines is 2. The van der Waals surface area contributed by atoms with E-state index in [0.717, 1.165) is 0 Å². The van der Waals surface area contributed by atoms with E-state index in [-0.39, 0.29) is 48.6 Å². The number of fused-ring (bicyclic) bond motifs is 1. The predicted octanol–water partition coefficient (Wildman–Crippen LogP) is 4.28. The summed E-state index contributed by atoms with van der Waals surface area (Å²) in [5.41, 5.74) is 0.817. The van der Waals surface area contributed by atoms with Crippen LogP contribution in [-0.4, -0.2) is 61.3 Å². The zero-order chi connectivity index (χ0) is 27.0. The molecule has 1 aliphatic rings. The lowest BCUT2D eigenvalue weighted by atomic mass is 10.2. The number of rotatable bonds is 8. The highest BCUT2D eigenvalue weighted by Gasteiger charge is 2.14. The number of morpholine rings is 1. The van der Waals surface area contributed by atoms with Crippen LogP contribution in [0.15, 0.2) is 36.7 Å². The lowest BCUT2D eigenvalue weighted by Gasteiger charge is -2.26. The first-order chi connectivity index (χ1) is 17.4. The van der Waals surface area contributed by atoms with Gasteiger partial charge in [-0.25, -0.2) is 14.4 Å². The zero-order valence-electron chi connectivity index (χ0n) is 22.6. The lowest BCUT2D eigenvalue weighted by molar-refractivity contribution is 0.0357. The van der Waals surface area contributed by atoms with Crippen molar-refractivity contribution in [2.45, 2.75) is 6.37 Å². The Balaban J connectivity index is 1.71. The molecule has 1 N–H and O–H groups in total. The van der Waals surface area contributed by atoms with Crippen LogP contribution in [0.1, 0.15) is 14.6 Å². The van der Waals surface area contributed by atoms with E-state index in [0.29, 0.717) is 16.6 Å². The van der Waals surface area contributed by atoms with Crippen LogP contribution in [0.3, 0.4) is 0 Å². The molecule has 2 aromatic carbocycles. The molecule has 164 valence electrons. The first-order valence-corrected chi connectivity index (χ1v) is 9.82. The van der Waals surface area contributed by atoms with Crippen LogP contribution in [0.4, 0.5) is 15.9 Å². The monoisotopic (exact) mass is 452 g/mol. The van der Waals surface area contributed by atoms with E-state index in [2.05, 4.69) is 15.3 Å². The highest BCUT2D eigenvalue weighted by Crippen LogP contribution is 2.35. The van der Waals surface area contributed by atoms with Crippen LogP contribution in [0.5, 0.6) is 11.5 Å². The molecular formula is C22H24ClFN4O3. The van der Waals surface area contributed by atoms with Crippen LogP contribution < -0.4 is 14.8 Å². The third kappa shape index (κ3) is 5.33. The van der Waals surface area contributed by atoms with Gasteiger partial charge in [-0.2, -0.15) is 0 Å². The van der Waals surface area contributed by atoms with Gasteiger partial charge in [0, 0.05) is 42.2 Å². The van der Waals surface area contributed by atoms with Crippen LogP contribution in [-0.2, 0) is 4.74 Å². The maximum atomic E-state index is 13.6. The summed E-state index contributed by atoms with van der Waals surface area (Å²) in [5.74, 6) is -0.480. The maximum Gasteiger partial charge on any atom is 0.162 e. The van der Waals surface area contributed by atoms with E-state index in [9.17, 15) is 4.39 Å². The van der Waals surface area contributed by atoms with Gasteiger partial charge in [-0.05, 0) is 30.6 Å². The average molecular weight is 453 g/mol. The summed E-state index contributed by atoms with van der Waals surface area (Å²) in [5, 5.41) is 3.25. The van der Waals surface area contributed by atoms with Gasteiger partial charge >= 0.3 is 0 Å². The van der Waals surface area contributed by atoms with Gasteiger partial charge in [0.25, 0.3) is 0 Å². The SMILES string of the molecule is [2H]C([2H])(Oc1cc2c(Nc3ccc(F)c(Cl)c3)ncnc2cc1OC)C([2H])([2H])C([2H])([2H])N1CCOCC1. The van der Waals surface area contributed by atoms with Gasteiger partial charge < -0.3 is 19.5 Å². The molecule has 3 aromatic rings. The smallest absolute Gasteiger partial charge is 0.162 e. The Morgan fingerprint density at radius 1 is 1.23 bits per heavy atom. The molecule has 9 heteroatoms. The molecule has 7 nitrogen and oxygen atoms in total. The van der Waals surface area contributed by atoms with E-state index in [1.165, 1.54) is 48.7 Å². The van der Waals surface area contributed by atoms with Crippen LogP contribution in [0, 0.1) is 5.82 Å². The van der Waals surface area contributed by atoms with Crippen molar-refractivity contribution in [3.63, 3.8) is 0 Å². The number of hydrogen-bond donors (Lipinski definition) is 1. The number of aromatic nitrogens is 2. The Hall–Kier alpha value is -2.68. The Bertz CT molecular complexity index is 1300. The maximum absolute atomic E-state index is 13.6. The van der Waals surface area contributed by atoms with Crippen LogP contribution in [0.2, 0.25) is 5.02 Å². The minimum atomic E-state index is -3.14. The molecule has 0 atom stereocenters. The van der Waals surface area contributed by atoms with E-state index < -0.39 is 25.2 Å². The van der Waals surface area contributed by atoms with Crippen LogP contribution >= 0.6 is 11.6 Å². The average Bonchev–Trinajstić information content (AvgIpc) is 2.86. The molecule has 1 aromatic heterocycles. The second kappa shape index (κ2) is 10.1. The van der Waals surface area contributed by atoms with Gasteiger partial charge in [-0.1, -0.05) is 11.6 Å². The Kier molecular flexibility index (Phi) is 4.94. The van der Waals surface area contributed by atoms with E-state index in [4.69, 9.17) is 34.0 Å². The predicted molar refractivity (Wildman–Crippen MR) is 118 cm³/mol. The lowest BCUT2D eigenvalue weighted by Crippen LogP contribution is -2.37. The molecule has 0 bridgehead atoms. The van der Waals surface area contributed by atoms with Crippen molar-refractivity contribution in [2.24, 2.45) is 0 Å². The number of halogens is 2. The normalized spacial score (nSPS) is 18.8. The number of ether oxygens (including phenoxy) is 3. The van der Waals surface area contributed by atoms with Crippen molar-refractivity contribution in [1.82, 2.24) is 14.9 Å². The molecule has 0 saturated carbocycles. The molecule has 2 heterocycles. The fourth-order valence-corrected chi connectivity index (χ4v) is 3.15. The minimum Gasteiger partial charge on any atom is -0.493 e. The summed E-state index contributed by atoms with van der Waals surface area (Å²) in [4.78, 5) is 9.58. The van der Waals surface area contributed by atoms with Crippen molar-refractivity contribution in [3.8, 4) is 11.5 Å². The summed E-state index contributed by atoms with van der Waals surface area (Å²) in [6, 6.07) is 6.82. The van der Waals surface area contributed by atoms with Gasteiger partial charge in [0.15, 0.2) is 11.5 Å². The van der Waals surface area contributed by atoms with Gasteiger partial charge in [0.1, 0.15) is 18.0 Å². The second-order valence-electron chi connectivity index (χ2n) is 6.54. The zero-order valence-corrected chi connectivity index (χ0v) is 17.4. The first-order valence-electron chi connectivity index (χ1n) is 12.4. The van der Waals surface area contributed by atoms with Crippen molar-refractivity contribution in [2.75, 3.05) is 51.8 Å². The molecule has 0 spiro atoms. The summed E-state index contributed by atoms with van der Waals surface area (Å²) in [7, 11) is 1.33. The number of hydrogen-bond acceptors (Lipinski definition) is 7. The Labute approximate surface area is 193 Å². The fourth-order valence-electron chi connectivity index (χ4n) is 2.97. The molecular weight excluding hydrogens is 423 g/mol. The highest BCUT2D eigenvalue weighted by molar-refractivity contribution is 6.31. The van der Waals surface area contributed by atoms with E-state index >= 15 is 0 Å². The quantitative estimate of drug-likeness (QED) is 0.547. The molecule has 4 rings (SSSR count). The standard InChI is InChI=1S/C22H24ClFN4O3/c1-29-20-13-19-16(12-21(20)31-8-2-5-28-6-9-30-10-7-28)22(26-14-25-19)27-15-3-4-18(24)17(23)11-15/h3-4,11-14H,2,5-10H2,1H3,(H,25,26,27)/i2D2,5D2,8D2. The molecule has 0 radical (unpaired) electrons. The Morgan fingerprint density at radius 3 is 2.84 bits per heavy atom. The first kappa shape index (κ1) is 15.2. The fraction of sp³-hybridized carbons (Fsp3) is 0.364. The Morgan fingerprint density at radius 2 is 2.06 bits per heavy atom. The second-order valence-corrected chi connectivity index (χ2v) is 6.94. The summed E-state index contributed by atoms with van der Waals surface area (Å²) < 4.78 is 80.1. The van der Waals surface area contributed by atoms with Crippen molar-refractivity contribution < 1.29 is 26.8 Å². The highest BCUT2D eigenvalue weighted by atomic mass is 35.5. The largest absolute Gasteiger partial charge is 0.493 e. The molecule has 0 aliphatic carbocycles. The number of nitrogens with one attached hydrogen (secondary N) is 1. The third-order valence-electron chi connectivity index (χ3n) is 4.54. The molecule has 31 heavy (non-hydrogen) atoms. The topological polar surface area (TPSA) is 68.7 Å².